The molecular weight excluding hydrogens is 200 g/mol. The molecule has 0 aromatic rings. The van der Waals surface area contributed by atoms with Gasteiger partial charge in [0.1, 0.15) is 0 Å². The van der Waals surface area contributed by atoms with Crippen molar-refractivity contribution in [3.8, 4) is 0 Å². The summed E-state index contributed by atoms with van der Waals surface area (Å²) in [7, 11) is 0. The molecule has 0 aromatic carbocycles. The summed E-state index contributed by atoms with van der Waals surface area (Å²) >= 11 is 3.23. The molecule has 4 heteroatoms. The zero-order valence-electron chi connectivity index (χ0n) is 6.99. The van der Waals surface area contributed by atoms with Crippen LogP contribution in [0.25, 0.3) is 0 Å². The van der Waals surface area contributed by atoms with Crippen molar-refractivity contribution in [2.45, 2.75) is 6.42 Å². The first-order valence-corrected chi connectivity index (χ1v) is 5.76. The molecule has 2 rings (SSSR count). The van der Waals surface area contributed by atoms with Gasteiger partial charge in [-0.1, -0.05) is 12.2 Å². The first kappa shape index (κ1) is 8.84. The Kier molecular flexibility index (Phi) is 3.05. The van der Waals surface area contributed by atoms with Crippen LogP contribution in [-0.2, 0) is 0 Å². The second kappa shape index (κ2) is 4.48. The van der Waals surface area contributed by atoms with Crippen molar-refractivity contribution in [1.29, 1.82) is 0 Å². The van der Waals surface area contributed by atoms with Gasteiger partial charge in [0.15, 0.2) is 0 Å². The highest BCUT2D eigenvalue weighted by atomic mass is 32.2. The topological polar surface area (TPSA) is 24.1 Å². The van der Waals surface area contributed by atoms with Gasteiger partial charge >= 0.3 is 0 Å². The van der Waals surface area contributed by atoms with Crippen LogP contribution in [0.3, 0.4) is 0 Å². The minimum Gasteiger partial charge on any atom is -0.330 e. The summed E-state index contributed by atoms with van der Waals surface area (Å²) in [5.74, 6) is 0. The Morgan fingerprint density at radius 2 is 1.46 bits per heavy atom. The van der Waals surface area contributed by atoms with E-state index >= 15 is 0 Å². The summed E-state index contributed by atoms with van der Waals surface area (Å²) in [6.07, 6.45) is 9.25. The minimum absolute atomic E-state index is 0.939. The van der Waals surface area contributed by atoms with Gasteiger partial charge in [-0.15, -0.1) is 0 Å². The van der Waals surface area contributed by atoms with Gasteiger partial charge in [0.2, 0.25) is 0 Å². The summed E-state index contributed by atoms with van der Waals surface area (Å²) in [6, 6.07) is 0. The normalized spacial score (nSPS) is 20.0. The Bertz CT molecular complexity index is 273. The number of allylic oxidation sites excluding steroid dienone is 4. The van der Waals surface area contributed by atoms with Crippen molar-refractivity contribution in [1.82, 2.24) is 9.44 Å². The van der Waals surface area contributed by atoms with E-state index < -0.39 is 0 Å². The molecule has 13 heavy (non-hydrogen) atoms. The van der Waals surface area contributed by atoms with E-state index in [-0.39, 0.29) is 0 Å². The SMILES string of the molecule is C1=CSNC(CC2=CC=CSN2)=C1. The van der Waals surface area contributed by atoms with Gasteiger partial charge in [0.25, 0.3) is 0 Å². The third-order valence-electron chi connectivity index (χ3n) is 1.65. The zero-order chi connectivity index (χ0) is 8.93. The predicted octanol–water partition coefficient (Wildman–Crippen LogP) is 2.67. The molecule has 0 fully saturated rings. The van der Waals surface area contributed by atoms with E-state index in [0.717, 1.165) is 6.42 Å². The van der Waals surface area contributed by atoms with Crippen LogP contribution in [0.2, 0.25) is 0 Å². The number of hydrogen-bond acceptors (Lipinski definition) is 4. The fourth-order valence-electron chi connectivity index (χ4n) is 1.07. The Morgan fingerprint density at radius 1 is 0.923 bits per heavy atom. The van der Waals surface area contributed by atoms with Crippen molar-refractivity contribution in [3.63, 3.8) is 0 Å². The second-order valence-corrected chi connectivity index (χ2v) is 4.08. The molecule has 0 unspecified atom stereocenters. The van der Waals surface area contributed by atoms with Gasteiger partial charge in [-0.2, -0.15) is 0 Å². The van der Waals surface area contributed by atoms with Crippen LogP contribution in [0.5, 0.6) is 0 Å². The smallest absolute Gasteiger partial charge is 0.0288 e. The maximum Gasteiger partial charge on any atom is 0.0288 e. The number of hydrogen-bond donors (Lipinski definition) is 2. The van der Waals surface area contributed by atoms with E-state index in [1.54, 1.807) is 23.9 Å². The maximum atomic E-state index is 3.24. The van der Waals surface area contributed by atoms with E-state index in [9.17, 15) is 0 Å². The van der Waals surface area contributed by atoms with Crippen LogP contribution >= 0.6 is 23.9 Å². The first-order chi connectivity index (χ1) is 6.45. The molecule has 0 aromatic heterocycles. The average Bonchev–Trinajstić information content (AvgIpc) is 2.21. The standard InChI is InChI=1S/C9H10N2S2/c1-3-8(10-12-5-1)7-9-4-2-6-13-11-9/h1-6,10-11H,7H2. The van der Waals surface area contributed by atoms with Gasteiger partial charge in [0.05, 0.1) is 0 Å². The van der Waals surface area contributed by atoms with Gasteiger partial charge in [-0.05, 0) is 46.9 Å². The monoisotopic (exact) mass is 210 g/mol. The lowest BCUT2D eigenvalue weighted by Gasteiger charge is -2.15. The Hall–Kier alpha value is -0.740. The lowest BCUT2D eigenvalue weighted by Crippen LogP contribution is -2.11. The van der Waals surface area contributed by atoms with E-state index in [2.05, 4.69) is 33.7 Å². The summed E-state index contributed by atoms with van der Waals surface area (Å²) < 4.78 is 6.49. The highest BCUT2D eigenvalue weighted by Crippen LogP contribution is 2.18. The molecule has 68 valence electrons. The van der Waals surface area contributed by atoms with Gasteiger partial charge in [0, 0.05) is 17.8 Å². The van der Waals surface area contributed by atoms with Crippen molar-refractivity contribution in [3.05, 3.63) is 46.5 Å². The molecule has 0 saturated carbocycles. The van der Waals surface area contributed by atoms with Crippen molar-refractivity contribution in [2.24, 2.45) is 0 Å². The highest BCUT2D eigenvalue weighted by molar-refractivity contribution is 8.00. The van der Waals surface area contributed by atoms with Gasteiger partial charge < -0.3 is 9.44 Å². The molecule has 0 radical (unpaired) electrons. The molecular formula is C9H10N2S2. The molecule has 0 amide bonds. The Balaban J connectivity index is 1.96. The number of nitrogens with one attached hydrogen (secondary N) is 2. The zero-order valence-corrected chi connectivity index (χ0v) is 8.62. The summed E-state index contributed by atoms with van der Waals surface area (Å²) in [6.45, 7) is 0. The fraction of sp³-hybridized carbons (Fsp3) is 0.111. The fourth-order valence-corrected chi connectivity index (χ4v) is 2.11. The molecule has 0 spiro atoms. The lowest BCUT2D eigenvalue weighted by atomic mass is 10.2. The molecule has 0 atom stereocenters. The van der Waals surface area contributed by atoms with Crippen LogP contribution in [0.4, 0.5) is 0 Å². The lowest BCUT2D eigenvalue weighted by molar-refractivity contribution is 0.981. The van der Waals surface area contributed by atoms with Crippen LogP contribution in [0.1, 0.15) is 6.42 Å². The predicted molar refractivity (Wildman–Crippen MR) is 60.5 cm³/mol. The van der Waals surface area contributed by atoms with E-state index in [1.165, 1.54) is 11.4 Å². The molecule has 0 saturated heterocycles. The highest BCUT2D eigenvalue weighted by Gasteiger charge is 2.04. The van der Waals surface area contributed by atoms with Crippen LogP contribution < -0.4 is 9.44 Å². The van der Waals surface area contributed by atoms with Crippen LogP contribution in [-0.4, -0.2) is 0 Å². The summed E-state index contributed by atoms with van der Waals surface area (Å²) in [5, 5.41) is 4.06. The van der Waals surface area contributed by atoms with E-state index in [0.29, 0.717) is 0 Å². The Labute approximate surface area is 86.5 Å². The molecule has 2 aliphatic heterocycles. The molecule has 2 heterocycles. The molecule has 0 bridgehead atoms. The number of rotatable bonds is 2. The van der Waals surface area contributed by atoms with Crippen molar-refractivity contribution in [2.75, 3.05) is 0 Å². The quantitative estimate of drug-likeness (QED) is 0.684. The van der Waals surface area contributed by atoms with E-state index in [4.69, 9.17) is 0 Å². The molecule has 2 aliphatic rings. The first-order valence-electron chi connectivity index (χ1n) is 4.00. The average molecular weight is 210 g/mol. The minimum atomic E-state index is 0.939. The van der Waals surface area contributed by atoms with Gasteiger partial charge in [-0.25, -0.2) is 0 Å². The molecule has 2 N–H and O–H groups in total. The second-order valence-electron chi connectivity index (χ2n) is 2.66. The third kappa shape index (κ3) is 2.60. The van der Waals surface area contributed by atoms with E-state index in [1.807, 2.05) is 10.8 Å². The van der Waals surface area contributed by atoms with Crippen LogP contribution in [0, 0.1) is 0 Å². The third-order valence-corrected chi connectivity index (χ3v) is 3.00. The maximum absolute atomic E-state index is 3.24. The van der Waals surface area contributed by atoms with Crippen LogP contribution in [0.15, 0.2) is 46.5 Å². The Morgan fingerprint density at radius 3 is 1.85 bits per heavy atom. The molecule has 2 nitrogen and oxygen atoms in total. The van der Waals surface area contributed by atoms with Crippen molar-refractivity contribution < 1.29 is 0 Å². The summed E-state index contributed by atoms with van der Waals surface area (Å²) in [4.78, 5) is 0. The summed E-state index contributed by atoms with van der Waals surface area (Å²) in [5.41, 5.74) is 2.48. The van der Waals surface area contributed by atoms with Crippen molar-refractivity contribution >= 4 is 23.9 Å². The van der Waals surface area contributed by atoms with Gasteiger partial charge in [-0.3, -0.25) is 0 Å². The largest absolute Gasteiger partial charge is 0.330 e. The molecule has 0 aliphatic carbocycles.